The van der Waals surface area contributed by atoms with Crippen molar-refractivity contribution in [3.63, 3.8) is 0 Å². The van der Waals surface area contributed by atoms with Gasteiger partial charge in [-0.15, -0.1) is 0 Å². The van der Waals surface area contributed by atoms with Gasteiger partial charge in [-0.2, -0.15) is 0 Å². The van der Waals surface area contributed by atoms with E-state index >= 15 is 0 Å². The van der Waals surface area contributed by atoms with Crippen molar-refractivity contribution >= 4 is 12.2 Å². The minimum absolute atomic E-state index is 0.364. The van der Waals surface area contributed by atoms with E-state index in [1.165, 1.54) is 12.5 Å². The van der Waals surface area contributed by atoms with Crippen LogP contribution in [0.5, 0.6) is 11.9 Å². The molecule has 0 unspecified atom stereocenters. The van der Waals surface area contributed by atoms with Crippen molar-refractivity contribution in [3.05, 3.63) is 48.9 Å². The van der Waals surface area contributed by atoms with E-state index in [2.05, 4.69) is 13.2 Å². The first-order valence-corrected chi connectivity index (χ1v) is 4.43. The van der Waals surface area contributed by atoms with Crippen molar-refractivity contribution < 1.29 is 13.6 Å². The minimum atomic E-state index is 0.364. The zero-order valence-corrected chi connectivity index (χ0v) is 8.10. The van der Waals surface area contributed by atoms with Crippen LogP contribution in [0.15, 0.2) is 46.7 Å². The lowest BCUT2D eigenvalue weighted by Gasteiger charge is -1.99. The van der Waals surface area contributed by atoms with Crippen LogP contribution in [0.25, 0.3) is 12.2 Å². The number of hydrogen-bond donors (Lipinski definition) is 0. The van der Waals surface area contributed by atoms with Crippen LogP contribution in [0.4, 0.5) is 0 Å². The highest BCUT2D eigenvalue weighted by Crippen LogP contribution is 2.30. The minimum Gasteiger partial charge on any atom is -0.433 e. The number of hydrogen-bond acceptors (Lipinski definition) is 3. The summed E-state index contributed by atoms with van der Waals surface area (Å²) >= 11 is 0. The van der Waals surface area contributed by atoms with Crippen molar-refractivity contribution in [3.8, 4) is 11.9 Å². The zero-order chi connectivity index (χ0) is 10.7. The van der Waals surface area contributed by atoms with E-state index in [0.717, 1.165) is 11.1 Å². The zero-order valence-electron chi connectivity index (χ0n) is 8.10. The quantitative estimate of drug-likeness (QED) is 0.752. The summed E-state index contributed by atoms with van der Waals surface area (Å²) in [6, 6.07) is 3.53. The summed E-state index contributed by atoms with van der Waals surface area (Å²) in [5.41, 5.74) is 1.56. The lowest BCUT2D eigenvalue weighted by molar-refractivity contribution is 0.279. The first-order valence-electron chi connectivity index (χ1n) is 4.43. The van der Waals surface area contributed by atoms with Crippen LogP contribution in [0.2, 0.25) is 0 Å². The average molecular weight is 202 g/mol. The number of rotatable bonds is 4. The third-order valence-corrected chi connectivity index (χ3v) is 1.94. The molecule has 2 heterocycles. The Bertz CT molecular complexity index is 432. The molecule has 76 valence electrons. The van der Waals surface area contributed by atoms with Crippen molar-refractivity contribution in [1.29, 1.82) is 0 Å². The van der Waals surface area contributed by atoms with Gasteiger partial charge in [0.15, 0.2) is 0 Å². The van der Waals surface area contributed by atoms with Gasteiger partial charge in [0.05, 0.1) is 23.7 Å². The van der Waals surface area contributed by atoms with Gasteiger partial charge in [-0.1, -0.05) is 25.3 Å². The van der Waals surface area contributed by atoms with Crippen molar-refractivity contribution in [2.75, 3.05) is 0 Å². The van der Waals surface area contributed by atoms with Gasteiger partial charge < -0.3 is 13.6 Å². The van der Waals surface area contributed by atoms with Gasteiger partial charge in [0.2, 0.25) is 0 Å². The smallest absolute Gasteiger partial charge is 0.299 e. The van der Waals surface area contributed by atoms with E-state index < -0.39 is 0 Å². The SMILES string of the molecule is C=Cc1ccoc1Oc1occc1C=C. The van der Waals surface area contributed by atoms with Crippen LogP contribution in [0.1, 0.15) is 11.1 Å². The first kappa shape index (κ1) is 9.40. The summed E-state index contributed by atoms with van der Waals surface area (Å²) in [4.78, 5) is 0. The number of furan rings is 2. The fourth-order valence-electron chi connectivity index (χ4n) is 1.16. The van der Waals surface area contributed by atoms with E-state index in [1.807, 2.05) is 0 Å². The summed E-state index contributed by atoms with van der Waals surface area (Å²) in [6.45, 7) is 7.29. The monoisotopic (exact) mass is 202 g/mol. The highest BCUT2D eigenvalue weighted by molar-refractivity contribution is 5.55. The van der Waals surface area contributed by atoms with Crippen molar-refractivity contribution in [2.45, 2.75) is 0 Å². The summed E-state index contributed by atoms with van der Waals surface area (Å²) in [5, 5.41) is 0. The van der Waals surface area contributed by atoms with E-state index in [1.54, 1.807) is 24.3 Å². The second kappa shape index (κ2) is 3.92. The molecule has 15 heavy (non-hydrogen) atoms. The molecule has 0 aliphatic rings. The van der Waals surface area contributed by atoms with Crippen LogP contribution in [-0.2, 0) is 0 Å². The molecule has 3 heteroatoms. The molecule has 0 N–H and O–H groups in total. The second-order valence-corrected chi connectivity index (χ2v) is 2.84. The fraction of sp³-hybridized carbons (Fsp3) is 0. The maximum absolute atomic E-state index is 5.43. The number of ether oxygens (including phenoxy) is 1. The fourth-order valence-corrected chi connectivity index (χ4v) is 1.16. The van der Waals surface area contributed by atoms with Gasteiger partial charge in [0, 0.05) is 0 Å². The molecule has 2 aromatic rings. The van der Waals surface area contributed by atoms with Crippen LogP contribution in [-0.4, -0.2) is 0 Å². The molecule has 0 aromatic carbocycles. The molecule has 0 radical (unpaired) electrons. The first-order chi connectivity index (χ1) is 7.35. The van der Waals surface area contributed by atoms with Gasteiger partial charge in [0.25, 0.3) is 11.9 Å². The Hall–Kier alpha value is -2.16. The van der Waals surface area contributed by atoms with Gasteiger partial charge >= 0.3 is 0 Å². The molecule has 0 saturated heterocycles. The third kappa shape index (κ3) is 1.72. The molecule has 0 aliphatic heterocycles. The molecule has 0 aliphatic carbocycles. The normalized spacial score (nSPS) is 9.87. The van der Waals surface area contributed by atoms with Gasteiger partial charge in [-0.3, -0.25) is 0 Å². The van der Waals surface area contributed by atoms with E-state index in [9.17, 15) is 0 Å². The second-order valence-electron chi connectivity index (χ2n) is 2.84. The van der Waals surface area contributed by atoms with Gasteiger partial charge in [-0.25, -0.2) is 0 Å². The Morgan fingerprint density at radius 1 is 0.933 bits per heavy atom. The molecule has 3 nitrogen and oxygen atoms in total. The molecule has 2 rings (SSSR count). The van der Waals surface area contributed by atoms with E-state index in [-0.39, 0.29) is 0 Å². The lowest BCUT2D eigenvalue weighted by atomic mass is 10.3. The molecule has 0 amide bonds. The Morgan fingerprint density at radius 3 is 1.80 bits per heavy atom. The predicted octanol–water partition coefficient (Wildman–Crippen LogP) is 3.95. The Morgan fingerprint density at radius 2 is 1.40 bits per heavy atom. The average Bonchev–Trinajstić information content (AvgIpc) is 2.87. The molecule has 0 atom stereocenters. The Labute approximate surface area is 87.3 Å². The molecule has 0 fully saturated rings. The van der Waals surface area contributed by atoms with Crippen LogP contribution in [0.3, 0.4) is 0 Å². The molecule has 0 spiro atoms. The molecular weight excluding hydrogens is 192 g/mol. The summed E-state index contributed by atoms with van der Waals surface area (Å²) in [5.74, 6) is 0.728. The van der Waals surface area contributed by atoms with Gasteiger partial charge in [-0.05, 0) is 12.1 Å². The predicted molar refractivity (Wildman–Crippen MR) is 57.7 cm³/mol. The highest BCUT2D eigenvalue weighted by Gasteiger charge is 2.10. The van der Waals surface area contributed by atoms with Crippen LogP contribution >= 0.6 is 0 Å². The Kier molecular flexibility index (Phi) is 2.46. The van der Waals surface area contributed by atoms with E-state index in [4.69, 9.17) is 13.6 Å². The van der Waals surface area contributed by atoms with E-state index in [0.29, 0.717) is 11.9 Å². The third-order valence-electron chi connectivity index (χ3n) is 1.94. The van der Waals surface area contributed by atoms with Crippen molar-refractivity contribution in [2.24, 2.45) is 0 Å². The molecular formula is C12H10O3. The van der Waals surface area contributed by atoms with Gasteiger partial charge in [0.1, 0.15) is 0 Å². The topological polar surface area (TPSA) is 35.5 Å². The maximum Gasteiger partial charge on any atom is 0.299 e. The molecule has 2 aromatic heterocycles. The largest absolute Gasteiger partial charge is 0.433 e. The van der Waals surface area contributed by atoms with Crippen LogP contribution < -0.4 is 4.74 Å². The summed E-state index contributed by atoms with van der Waals surface area (Å²) in [7, 11) is 0. The summed E-state index contributed by atoms with van der Waals surface area (Å²) in [6.07, 6.45) is 6.36. The standard InChI is InChI=1S/C12H10O3/c1-3-9-5-7-13-11(9)15-12-10(4-2)6-8-14-12/h3-8H,1-2H2. The highest BCUT2D eigenvalue weighted by atomic mass is 16.6. The molecule has 0 bridgehead atoms. The van der Waals surface area contributed by atoms with Crippen LogP contribution in [0, 0.1) is 0 Å². The Balaban J connectivity index is 2.29. The van der Waals surface area contributed by atoms with Crippen molar-refractivity contribution in [1.82, 2.24) is 0 Å². The maximum atomic E-state index is 5.43. The summed E-state index contributed by atoms with van der Waals surface area (Å²) < 4.78 is 15.7. The lowest BCUT2D eigenvalue weighted by Crippen LogP contribution is -1.83. The molecule has 0 saturated carbocycles.